The lowest BCUT2D eigenvalue weighted by Crippen LogP contribution is -2.14. The first kappa shape index (κ1) is 15.0. The Labute approximate surface area is 122 Å². The number of nitrogens with zero attached hydrogens (tertiary/aromatic N) is 1. The number of esters is 1. The van der Waals surface area contributed by atoms with Crippen molar-refractivity contribution >= 4 is 16.1 Å². The van der Waals surface area contributed by atoms with Gasteiger partial charge in [0.05, 0.1) is 7.11 Å². The van der Waals surface area contributed by atoms with Crippen LogP contribution in [0.25, 0.3) is 0 Å². The van der Waals surface area contributed by atoms with Crippen molar-refractivity contribution in [1.82, 2.24) is 4.98 Å². The summed E-state index contributed by atoms with van der Waals surface area (Å²) >= 11 is 0. The summed E-state index contributed by atoms with van der Waals surface area (Å²) < 4.78 is 33.9. The van der Waals surface area contributed by atoms with E-state index in [2.05, 4.69) is 9.72 Å². The lowest BCUT2D eigenvalue weighted by Gasteiger charge is -2.09. The second-order valence-electron chi connectivity index (χ2n) is 4.19. The third kappa shape index (κ3) is 3.38. The van der Waals surface area contributed by atoms with Gasteiger partial charge in [-0.1, -0.05) is 17.7 Å². The summed E-state index contributed by atoms with van der Waals surface area (Å²) in [6.45, 7) is 1.84. The van der Waals surface area contributed by atoms with Gasteiger partial charge in [-0.05, 0) is 31.2 Å². The summed E-state index contributed by atoms with van der Waals surface area (Å²) in [5, 5.41) is 0. The highest BCUT2D eigenvalue weighted by atomic mass is 32.2. The van der Waals surface area contributed by atoms with E-state index in [1.54, 1.807) is 12.1 Å². The summed E-state index contributed by atoms with van der Waals surface area (Å²) in [5.41, 5.74) is 0.723. The molecule has 21 heavy (non-hydrogen) atoms. The fourth-order valence-electron chi connectivity index (χ4n) is 1.58. The van der Waals surface area contributed by atoms with Crippen molar-refractivity contribution < 1.29 is 22.1 Å². The minimum absolute atomic E-state index is 0.00670. The van der Waals surface area contributed by atoms with E-state index < -0.39 is 16.1 Å². The molecule has 0 radical (unpaired) electrons. The number of ether oxygens (including phenoxy) is 1. The smallest absolute Gasteiger partial charge is 0.360 e. The molecule has 0 amide bonds. The lowest BCUT2D eigenvalue weighted by molar-refractivity contribution is 0.0592. The number of pyridine rings is 1. The van der Waals surface area contributed by atoms with Crippen molar-refractivity contribution in [3.8, 4) is 5.75 Å². The van der Waals surface area contributed by atoms with Gasteiger partial charge in [0.1, 0.15) is 4.90 Å². The first-order valence-corrected chi connectivity index (χ1v) is 7.39. The minimum Gasteiger partial charge on any atom is -0.464 e. The molecule has 1 aromatic carbocycles. The maximum atomic E-state index is 12.2. The normalized spacial score (nSPS) is 11.0. The number of aromatic nitrogens is 1. The van der Waals surface area contributed by atoms with Crippen LogP contribution in [0.1, 0.15) is 16.1 Å². The van der Waals surface area contributed by atoms with Gasteiger partial charge in [0.15, 0.2) is 11.4 Å². The summed E-state index contributed by atoms with van der Waals surface area (Å²) in [5.74, 6) is -0.949. The molecule has 0 bridgehead atoms. The summed E-state index contributed by atoms with van der Waals surface area (Å²) in [6.07, 6.45) is 1.34. The van der Waals surface area contributed by atoms with Gasteiger partial charge in [0.25, 0.3) is 0 Å². The zero-order valence-electron chi connectivity index (χ0n) is 11.4. The Morgan fingerprint density at radius 3 is 2.43 bits per heavy atom. The van der Waals surface area contributed by atoms with Crippen LogP contribution < -0.4 is 4.18 Å². The number of benzene rings is 1. The van der Waals surface area contributed by atoms with E-state index in [1.807, 2.05) is 6.92 Å². The van der Waals surface area contributed by atoms with Gasteiger partial charge in [-0.25, -0.2) is 9.78 Å². The number of aryl methyl sites for hydroxylation is 1. The lowest BCUT2D eigenvalue weighted by atomic mass is 10.2. The summed E-state index contributed by atoms with van der Waals surface area (Å²) in [7, 11) is -2.87. The maximum Gasteiger partial charge on any atom is 0.360 e. The van der Waals surface area contributed by atoms with E-state index in [0.717, 1.165) is 5.56 Å². The molecule has 2 rings (SSSR count). The minimum atomic E-state index is -4.04. The van der Waals surface area contributed by atoms with E-state index in [4.69, 9.17) is 4.18 Å². The van der Waals surface area contributed by atoms with E-state index in [9.17, 15) is 13.2 Å². The van der Waals surface area contributed by atoms with E-state index in [1.165, 1.54) is 37.6 Å². The molecule has 2 aromatic rings. The highest BCUT2D eigenvalue weighted by Crippen LogP contribution is 2.22. The van der Waals surface area contributed by atoms with Crippen LogP contribution in [0, 0.1) is 6.92 Å². The standard InChI is InChI=1S/C14H13NO5S/c1-10-5-7-11(8-6-10)21(17,18)20-12-4-3-9-15-13(12)14(16)19-2/h3-9H,1-2H3. The van der Waals surface area contributed by atoms with Crippen molar-refractivity contribution in [2.75, 3.05) is 7.11 Å². The average molecular weight is 307 g/mol. The fourth-order valence-corrected chi connectivity index (χ4v) is 2.52. The molecule has 1 aromatic heterocycles. The average Bonchev–Trinajstić information content (AvgIpc) is 2.47. The van der Waals surface area contributed by atoms with Crippen molar-refractivity contribution in [2.45, 2.75) is 11.8 Å². The highest BCUT2D eigenvalue weighted by molar-refractivity contribution is 7.87. The molecule has 0 saturated carbocycles. The first-order chi connectivity index (χ1) is 9.94. The Balaban J connectivity index is 2.37. The Morgan fingerprint density at radius 2 is 1.81 bits per heavy atom. The van der Waals surface area contributed by atoms with Crippen LogP contribution in [0.5, 0.6) is 5.75 Å². The molecule has 7 heteroatoms. The molecule has 0 spiro atoms. The number of hydrogen-bond acceptors (Lipinski definition) is 6. The highest BCUT2D eigenvalue weighted by Gasteiger charge is 2.22. The van der Waals surface area contributed by atoms with Crippen molar-refractivity contribution in [1.29, 1.82) is 0 Å². The van der Waals surface area contributed by atoms with Gasteiger partial charge in [-0.3, -0.25) is 0 Å². The quantitative estimate of drug-likeness (QED) is 0.634. The van der Waals surface area contributed by atoms with Crippen molar-refractivity contribution in [3.05, 3.63) is 53.9 Å². The van der Waals surface area contributed by atoms with Crippen molar-refractivity contribution in [3.63, 3.8) is 0 Å². The molecule has 0 atom stereocenters. The van der Waals surface area contributed by atoms with Gasteiger partial charge in [-0.2, -0.15) is 8.42 Å². The summed E-state index contributed by atoms with van der Waals surface area (Å²) in [6, 6.07) is 8.97. The molecule has 0 unspecified atom stereocenters. The monoisotopic (exact) mass is 307 g/mol. The van der Waals surface area contributed by atoms with Gasteiger partial charge in [-0.15, -0.1) is 0 Å². The molecular formula is C14H13NO5S. The van der Waals surface area contributed by atoms with Crippen LogP contribution in [0.3, 0.4) is 0 Å². The molecule has 0 N–H and O–H groups in total. The number of carbonyl (C=O) groups is 1. The Morgan fingerprint density at radius 1 is 1.14 bits per heavy atom. The fraction of sp³-hybridized carbons (Fsp3) is 0.143. The van der Waals surface area contributed by atoms with Gasteiger partial charge >= 0.3 is 16.1 Å². The van der Waals surface area contributed by atoms with E-state index in [-0.39, 0.29) is 16.3 Å². The third-order valence-corrected chi connectivity index (χ3v) is 3.91. The maximum absolute atomic E-state index is 12.2. The number of carbonyl (C=O) groups excluding carboxylic acids is 1. The predicted octanol–water partition coefficient (Wildman–Crippen LogP) is 1.94. The van der Waals surface area contributed by atoms with Crippen LogP contribution in [0.2, 0.25) is 0 Å². The third-order valence-electron chi connectivity index (χ3n) is 2.66. The molecule has 0 saturated heterocycles. The van der Waals surface area contributed by atoms with E-state index in [0.29, 0.717) is 0 Å². The van der Waals surface area contributed by atoms with E-state index >= 15 is 0 Å². The molecule has 6 nitrogen and oxygen atoms in total. The van der Waals surface area contributed by atoms with Gasteiger partial charge in [0, 0.05) is 6.20 Å². The number of hydrogen-bond donors (Lipinski definition) is 0. The van der Waals surface area contributed by atoms with Crippen molar-refractivity contribution in [2.24, 2.45) is 0 Å². The Kier molecular flexibility index (Phi) is 4.23. The zero-order chi connectivity index (χ0) is 15.5. The molecule has 0 aliphatic carbocycles. The predicted molar refractivity (Wildman–Crippen MR) is 74.6 cm³/mol. The van der Waals surface area contributed by atoms with Crippen LogP contribution in [-0.4, -0.2) is 26.5 Å². The zero-order valence-corrected chi connectivity index (χ0v) is 12.3. The summed E-state index contributed by atoms with van der Waals surface area (Å²) in [4.78, 5) is 15.3. The SMILES string of the molecule is COC(=O)c1ncccc1OS(=O)(=O)c1ccc(C)cc1. The van der Waals surface area contributed by atoms with Gasteiger partial charge in [0.2, 0.25) is 0 Å². The molecule has 110 valence electrons. The molecular weight excluding hydrogens is 294 g/mol. The Hall–Kier alpha value is -2.41. The topological polar surface area (TPSA) is 82.6 Å². The molecule has 1 heterocycles. The van der Waals surface area contributed by atoms with Gasteiger partial charge < -0.3 is 8.92 Å². The number of rotatable bonds is 4. The Bertz CT molecular complexity index is 753. The van der Waals surface area contributed by atoms with Crippen LogP contribution in [0.15, 0.2) is 47.5 Å². The number of methoxy groups -OCH3 is 1. The molecule has 0 aliphatic rings. The van der Waals surface area contributed by atoms with Crippen LogP contribution >= 0.6 is 0 Å². The molecule has 0 aliphatic heterocycles. The largest absolute Gasteiger partial charge is 0.464 e. The molecule has 0 fully saturated rings. The second kappa shape index (κ2) is 5.92. The second-order valence-corrected chi connectivity index (χ2v) is 5.74. The van der Waals surface area contributed by atoms with Crippen LogP contribution in [0.4, 0.5) is 0 Å². The first-order valence-electron chi connectivity index (χ1n) is 5.98. The van der Waals surface area contributed by atoms with Crippen LogP contribution in [-0.2, 0) is 14.9 Å².